The van der Waals surface area contributed by atoms with Crippen molar-refractivity contribution < 1.29 is 33.0 Å². The van der Waals surface area contributed by atoms with Gasteiger partial charge in [0.05, 0.1) is 5.56 Å². The van der Waals surface area contributed by atoms with E-state index in [0.717, 1.165) is 39.4 Å². The summed E-state index contributed by atoms with van der Waals surface area (Å²) in [4.78, 5) is 39.2. The summed E-state index contributed by atoms with van der Waals surface area (Å²) in [6.07, 6.45) is -4.43. The van der Waals surface area contributed by atoms with Gasteiger partial charge in [-0.2, -0.15) is 13.2 Å². The maximum Gasteiger partial charge on any atom is 0.416 e. The molecule has 3 aromatic carbocycles. The number of alkyl halides is 3. The van der Waals surface area contributed by atoms with Gasteiger partial charge < -0.3 is 15.9 Å². The predicted molar refractivity (Wildman–Crippen MR) is 152 cm³/mol. The van der Waals surface area contributed by atoms with Crippen LogP contribution in [-0.4, -0.2) is 50.7 Å². The third-order valence-corrected chi connectivity index (χ3v) is 8.36. The molecule has 1 aromatic heterocycles. The zero-order valence-electron chi connectivity index (χ0n) is 22.1. The van der Waals surface area contributed by atoms with Gasteiger partial charge in [-0.1, -0.05) is 54.6 Å². The topological polar surface area (TPSA) is 126 Å². The van der Waals surface area contributed by atoms with Gasteiger partial charge in [-0.15, -0.1) is 0 Å². The molecule has 8 nitrogen and oxygen atoms in total. The lowest BCUT2D eigenvalue weighted by atomic mass is 9.89. The van der Waals surface area contributed by atoms with Crippen molar-refractivity contribution in [1.82, 2.24) is 8.87 Å². The fraction of sp³-hybridized carbons (Fsp3) is 0.233. The number of hydrogen-bond acceptors (Lipinski definition) is 6. The molecule has 12 heteroatoms. The van der Waals surface area contributed by atoms with Gasteiger partial charge in [0.1, 0.15) is 16.6 Å². The van der Waals surface area contributed by atoms with E-state index in [2.05, 4.69) is 0 Å². The molecule has 0 saturated heterocycles. The Bertz CT molecular complexity index is 1750. The molecule has 0 fully saturated rings. The second-order valence-corrected chi connectivity index (χ2v) is 11.0. The first-order valence-corrected chi connectivity index (χ1v) is 13.8. The van der Waals surface area contributed by atoms with Crippen molar-refractivity contribution in [2.24, 2.45) is 5.73 Å². The van der Waals surface area contributed by atoms with Crippen LogP contribution in [0.25, 0.3) is 21.9 Å². The standard InChI is InChI=1S/C30H26F3N3O5S/c31-30(32,33)20-10-4-9-19(14-20)24-22(15-18-8-3-7-17-6-1-2-11-21(17)18)25(26(34)38)27(39)36-23(29(40)41)16-35(12-5-13-37)42-28(24)36/h1-4,6-11,14,23,37H,5,12-13,15-16H2,(H2,34,38)(H,40,41). The SMILES string of the molecule is NC(=O)c1c(Cc2cccc3ccccc23)c(-c2cccc(C(F)(F)F)c2)c2n(c1=O)C(C(=O)O)CN(CCCO)S2. The number of halogens is 3. The highest BCUT2D eigenvalue weighted by molar-refractivity contribution is 7.97. The summed E-state index contributed by atoms with van der Waals surface area (Å²) < 4.78 is 44.1. The van der Waals surface area contributed by atoms with E-state index >= 15 is 0 Å². The molecule has 4 N–H and O–H groups in total. The Morgan fingerprint density at radius 2 is 1.76 bits per heavy atom. The fourth-order valence-corrected chi connectivity index (χ4v) is 6.62. The third kappa shape index (κ3) is 5.52. The molecule has 0 bridgehead atoms. The fourth-order valence-electron chi connectivity index (χ4n) is 5.31. The normalized spacial score (nSPS) is 15.5. The number of amides is 1. The number of carbonyl (C=O) groups is 2. The number of nitrogens with zero attached hydrogens (tertiary/aromatic N) is 2. The molecule has 218 valence electrons. The number of carboxylic acids is 1. The van der Waals surface area contributed by atoms with Crippen LogP contribution < -0.4 is 11.3 Å². The van der Waals surface area contributed by atoms with E-state index in [1.54, 1.807) is 16.4 Å². The van der Waals surface area contributed by atoms with Gasteiger partial charge in [-0.25, -0.2) is 9.10 Å². The summed E-state index contributed by atoms with van der Waals surface area (Å²) in [6, 6.07) is 15.9. The maximum absolute atomic E-state index is 13.9. The zero-order chi connectivity index (χ0) is 30.2. The van der Waals surface area contributed by atoms with Crippen LogP contribution in [0.4, 0.5) is 13.2 Å². The Hall–Kier alpha value is -4.13. The number of carboxylic acid groups (broad SMARTS) is 1. The zero-order valence-corrected chi connectivity index (χ0v) is 22.9. The van der Waals surface area contributed by atoms with Crippen LogP contribution in [-0.2, 0) is 17.4 Å². The van der Waals surface area contributed by atoms with Crippen molar-refractivity contribution in [3.63, 3.8) is 0 Å². The van der Waals surface area contributed by atoms with E-state index in [-0.39, 0.29) is 47.8 Å². The average molecular weight is 598 g/mol. The van der Waals surface area contributed by atoms with Crippen LogP contribution >= 0.6 is 11.9 Å². The largest absolute Gasteiger partial charge is 0.480 e. The van der Waals surface area contributed by atoms with Crippen LogP contribution in [0.2, 0.25) is 0 Å². The number of primary amides is 1. The molecule has 5 rings (SSSR count). The van der Waals surface area contributed by atoms with Crippen molar-refractivity contribution >= 4 is 34.6 Å². The van der Waals surface area contributed by atoms with Gasteiger partial charge in [-0.3, -0.25) is 14.2 Å². The Labute approximate surface area is 242 Å². The van der Waals surface area contributed by atoms with E-state index in [4.69, 9.17) is 5.73 Å². The Morgan fingerprint density at radius 3 is 2.45 bits per heavy atom. The lowest BCUT2D eigenvalue weighted by Crippen LogP contribution is -2.45. The van der Waals surface area contributed by atoms with Gasteiger partial charge in [-0.05, 0) is 64.4 Å². The number of hydrogen-bond donors (Lipinski definition) is 3. The molecule has 1 unspecified atom stereocenters. The molecule has 1 atom stereocenters. The van der Waals surface area contributed by atoms with E-state index in [0.29, 0.717) is 12.0 Å². The molecule has 0 radical (unpaired) electrons. The number of carbonyl (C=O) groups excluding carboxylic acids is 1. The first kappa shape index (κ1) is 29.4. The second-order valence-electron chi connectivity index (χ2n) is 9.88. The number of benzene rings is 3. The Morgan fingerprint density at radius 1 is 1.05 bits per heavy atom. The number of nitrogens with two attached hydrogens (primary N) is 1. The highest BCUT2D eigenvalue weighted by Gasteiger charge is 2.38. The second kappa shape index (κ2) is 11.6. The summed E-state index contributed by atoms with van der Waals surface area (Å²) in [5.41, 5.74) is 4.37. The van der Waals surface area contributed by atoms with Crippen molar-refractivity contribution in [1.29, 1.82) is 0 Å². The summed E-state index contributed by atoms with van der Waals surface area (Å²) in [5, 5.41) is 21.3. The highest BCUT2D eigenvalue weighted by Crippen LogP contribution is 2.43. The Kier molecular flexibility index (Phi) is 8.13. The van der Waals surface area contributed by atoms with Crippen LogP contribution in [0.15, 0.2) is 76.6 Å². The van der Waals surface area contributed by atoms with Crippen LogP contribution in [0.3, 0.4) is 0 Å². The quantitative estimate of drug-likeness (QED) is 0.251. The molecule has 0 spiro atoms. The first-order chi connectivity index (χ1) is 20.0. The number of aromatic nitrogens is 1. The van der Waals surface area contributed by atoms with Gasteiger partial charge in [0.25, 0.3) is 11.5 Å². The average Bonchev–Trinajstić information content (AvgIpc) is 2.95. The number of pyridine rings is 1. The minimum Gasteiger partial charge on any atom is -0.480 e. The first-order valence-electron chi connectivity index (χ1n) is 13.0. The summed E-state index contributed by atoms with van der Waals surface area (Å²) in [5.74, 6) is -2.48. The number of aliphatic hydroxyl groups is 1. The minimum absolute atomic E-state index is 0.0385. The van der Waals surface area contributed by atoms with E-state index < -0.39 is 40.8 Å². The molecule has 42 heavy (non-hydrogen) atoms. The smallest absolute Gasteiger partial charge is 0.416 e. The summed E-state index contributed by atoms with van der Waals surface area (Å²) in [6.45, 7) is -0.0672. The molecule has 1 amide bonds. The summed E-state index contributed by atoms with van der Waals surface area (Å²) >= 11 is 1.00. The van der Waals surface area contributed by atoms with Crippen LogP contribution in [0.5, 0.6) is 0 Å². The number of rotatable bonds is 8. The van der Waals surface area contributed by atoms with Gasteiger partial charge in [0.2, 0.25) is 0 Å². The molecular weight excluding hydrogens is 571 g/mol. The van der Waals surface area contributed by atoms with Crippen molar-refractivity contribution in [2.45, 2.75) is 30.1 Å². The minimum atomic E-state index is -4.69. The van der Waals surface area contributed by atoms with Gasteiger partial charge in [0.15, 0.2) is 0 Å². The predicted octanol–water partition coefficient (Wildman–Crippen LogP) is 4.71. The Balaban J connectivity index is 1.88. The third-order valence-electron chi connectivity index (χ3n) is 7.20. The van der Waals surface area contributed by atoms with Crippen LogP contribution in [0.1, 0.15) is 39.5 Å². The van der Waals surface area contributed by atoms with E-state index in [9.17, 15) is 37.8 Å². The number of fused-ring (bicyclic) bond motifs is 2. The monoisotopic (exact) mass is 597 g/mol. The molecule has 0 aliphatic carbocycles. The van der Waals surface area contributed by atoms with Crippen molar-refractivity contribution in [2.75, 3.05) is 19.7 Å². The summed E-state index contributed by atoms with van der Waals surface area (Å²) in [7, 11) is 0. The van der Waals surface area contributed by atoms with Crippen molar-refractivity contribution in [3.8, 4) is 11.1 Å². The molecule has 1 aliphatic rings. The van der Waals surface area contributed by atoms with E-state index in [1.807, 2.05) is 30.3 Å². The van der Waals surface area contributed by atoms with E-state index in [1.165, 1.54) is 12.1 Å². The number of aliphatic carboxylic acids is 1. The maximum atomic E-state index is 13.9. The molecule has 1 aliphatic heterocycles. The highest BCUT2D eigenvalue weighted by atomic mass is 32.2. The van der Waals surface area contributed by atoms with Gasteiger partial charge in [0, 0.05) is 25.3 Å². The van der Waals surface area contributed by atoms with Crippen LogP contribution in [0, 0.1) is 0 Å². The molecular formula is C30H26F3N3O5S. The lowest BCUT2D eigenvalue weighted by molar-refractivity contribution is -0.141. The molecule has 4 aromatic rings. The molecule has 0 saturated carbocycles. The van der Waals surface area contributed by atoms with Gasteiger partial charge >= 0.3 is 12.1 Å². The number of aliphatic hydroxyl groups excluding tert-OH is 1. The lowest BCUT2D eigenvalue weighted by Gasteiger charge is -2.35. The van der Waals surface area contributed by atoms with Crippen molar-refractivity contribution in [3.05, 3.63) is 99.3 Å². The molecule has 2 heterocycles.